The molecule has 6 heteroatoms. The lowest BCUT2D eigenvalue weighted by molar-refractivity contribution is 0.0400. The summed E-state index contributed by atoms with van der Waals surface area (Å²) in [7, 11) is -3.74. The highest BCUT2D eigenvalue weighted by Crippen LogP contribution is 2.55. The third-order valence-corrected chi connectivity index (χ3v) is 4.77. The van der Waals surface area contributed by atoms with E-state index >= 15 is 0 Å². The van der Waals surface area contributed by atoms with Crippen LogP contribution in [0.15, 0.2) is 24.3 Å². The summed E-state index contributed by atoms with van der Waals surface area (Å²) < 4.78 is 22.4. The highest BCUT2D eigenvalue weighted by Gasteiger charge is 2.39. The summed E-state index contributed by atoms with van der Waals surface area (Å²) in [5, 5.41) is 20.2. The number of aliphatic hydroxyl groups excluding tert-OH is 2. The van der Waals surface area contributed by atoms with Crippen molar-refractivity contribution in [1.29, 1.82) is 0 Å². The zero-order chi connectivity index (χ0) is 14.5. The number of rotatable bonds is 7. The lowest BCUT2D eigenvalue weighted by Crippen LogP contribution is -2.21. The van der Waals surface area contributed by atoms with E-state index < -0.39 is 19.5 Å². The fraction of sp³-hybridized carbons (Fsp3) is 0.538. The molecule has 0 amide bonds. The maximum absolute atomic E-state index is 12.4. The number of benzene rings is 1. The van der Waals surface area contributed by atoms with E-state index in [0.717, 1.165) is 5.56 Å². The van der Waals surface area contributed by atoms with Crippen LogP contribution >= 0.6 is 7.60 Å². The molecule has 19 heavy (non-hydrogen) atoms. The molecule has 2 N–H and O–H groups in total. The molecule has 108 valence electrons. The van der Waals surface area contributed by atoms with Crippen LogP contribution in [0.3, 0.4) is 0 Å². The monoisotopic (exact) mass is 288 g/mol. The molecule has 0 unspecified atom stereocenters. The Hall–Kier alpha value is -0.710. The van der Waals surface area contributed by atoms with Crippen LogP contribution in [0.25, 0.3) is 0 Å². The van der Waals surface area contributed by atoms with Crippen LogP contribution in [0, 0.1) is 6.92 Å². The minimum absolute atomic E-state index is 0.134. The molecule has 0 aliphatic rings. The SMILES string of the molecule is CCOP(=O)(OCC)[C@@H](O)[C@@H](O)c1cccc(C)c1. The Kier molecular flexibility index (Phi) is 6.17. The van der Waals surface area contributed by atoms with Crippen molar-refractivity contribution in [2.75, 3.05) is 13.2 Å². The summed E-state index contributed by atoms with van der Waals surface area (Å²) in [6, 6.07) is 7.00. The molecule has 1 rings (SSSR count). The van der Waals surface area contributed by atoms with Gasteiger partial charge in [-0.25, -0.2) is 0 Å². The zero-order valence-corrected chi connectivity index (χ0v) is 12.3. The van der Waals surface area contributed by atoms with E-state index in [9.17, 15) is 14.8 Å². The van der Waals surface area contributed by atoms with Gasteiger partial charge in [-0.1, -0.05) is 29.8 Å². The zero-order valence-electron chi connectivity index (χ0n) is 11.4. The molecule has 0 aromatic heterocycles. The molecule has 1 aromatic rings. The molecule has 0 aliphatic heterocycles. The van der Waals surface area contributed by atoms with Crippen molar-refractivity contribution in [3.8, 4) is 0 Å². The fourth-order valence-electron chi connectivity index (χ4n) is 1.75. The van der Waals surface area contributed by atoms with Crippen LogP contribution in [-0.4, -0.2) is 29.3 Å². The van der Waals surface area contributed by atoms with Crippen molar-refractivity contribution in [3.63, 3.8) is 0 Å². The van der Waals surface area contributed by atoms with Gasteiger partial charge in [0.1, 0.15) is 6.10 Å². The Morgan fingerprint density at radius 2 is 1.79 bits per heavy atom. The average molecular weight is 288 g/mol. The van der Waals surface area contributed by atoms with Crippen LogP contribution in [0.2, 0.25) is 0 Å². The first-order chi connectivity index (χ1) is 8.94. The van der Waals surface area contributed by atoms with Crippen molar-refractivity contribution in [3.05, 3.63) is 35.4 Å². The Bertz CT molecular complexity index is 438. The van der Waals surface area contributed by atoms with Crippen molar-refractivity contribution in [2.24, 2.45) is 0 Å². The van der Waals surface area contributed by atoms with Crippen LogP contribution in [-0.2, 0) is 13.6 Å². The first kappa shape index (κ1) is 16.3. The molecule has 0 heterocycles. The van der Waals surface area contributed by atoms with Crippen LogP contribution < -0.4 is 0 Å². The van der Waals surface area contributed by atoms with Crippen LogP contribution in [0.5, 0.6) is 0 Å². The van der Waals surface area contributed by atoms with E-state index in [-0.39, 0.29) is 13.2 Å². The Balaban J connectivity index is 2.96. The van der Waals surface area contributed by atoms with E-state index in [4.69, 9.17) is 9.05 Å². The average Bonchev–Trinajstić information content (AvgIpc) is 2.37. The Labute approximate surface area is 113 Å². The van der Waals surface area contributed by atoms with Crippen LogP contribution in [0.1, 0.15) is 31.1 Å². The summed E-state index contributed by atoms with van der Waals surface area (Å²) in [4.78, 5) is 0. The van der Waals surface area contributed by atoms with Crippen molar-refractivity contribution in [1.82, 2.24) is 0 Å². The molecule has 0 saturated carbocycles. The minimum Gasteiger partial charge on any atom is -0.385 e. The van der Waals surface area contributed by atoms with Crippen molar-refractivity contribution >= 4 is 7.60 Å². The van der Waals surface area contributed by atoms with Crippen molar-refractivity contribution < 1.29 is 23.8 Å². The maximum Gasteiger partial charge on any atom is 0.361 e. The summed E-state index contributed by atoms with van der Waals surface area (Å²) in [5.74, 6) is -1.60. The lowest BCUT2D eigenvalue weighted by Gasteiger charge is -2.26. The van der Waals surface area contributed by atoms with Crippen LogP contribution in [0.4, 0.5) is 0 Å². The van der Waals surface area contributed by atoms with Crippen molar-refractivity contribution in [2.45, 2.75) is 32.7 Å². The standard InChI is InChI=1S/C13H21O5P/c1-4-17-19(16,18-5-2)13(15)12(14)11-8-6-7-10(3)9-11/h6-9,12-15H,4-5H2,1-3H3/t12-,13+/m0/s1. The molecular formula is C13H21O5P. The second-order valence-electron chi connectivity index (χ2n) is 4.15. The van der Waals surface area contributed by atoms with Gasteiger partial charge in [0.25, 0.3) is 0 Å². The smallest absolute Gasteiger partial charge is 0.361 e. The van der Waals surface area contributed by atoms with E-state index in [1.165, 1.54) is 0 Å². The third kappa shape index (κ3) is 4.13. The predicted molar refractivity (Wildman–Crippen MR) is 73.0 cm³/mol. The van der Waals surface area contributed by atoms with E-state index in [1.807, 2.05) is 13.0 Å². The van der Waals surface area contributed by atoms with Gasteiger partial charge < -0.3 is 19.3 Å². The normalized spacial score (nSPS) is 15.2. The number of hydrogen-bond acceptors (Lipinski definition) is 5. The second-order valence-corrected chi connectivity index (χ2v) is 6.27. The highest BCUT2D eigenvalue weighted by molar-refractivity contribution is 7.54. The molecule has 0 spiro atoms. The summed E-state index contributed by atoms with van der Waals surface area (Å²) in [5.41, 5.74) is 1.42. The first-order valence-corrected chi connectivity index (χ1v) is 7.87. The fourth-order valence-corrected chi connectivity index (χ4v) is 3.37. The van der Waals surface area contributed by atoms with Gasteiger partial charge in [0.05, 0.1) is 13.2 Å². The van der Waals surface area contributed by atoms with Gasteiger partial charge in [-0.15, -0.1) is 0 Å². The largest absolute Gasteiger partial charge is 0.385 e. The lowest BCUT2D eigenvalue weighted by atomic mass is 10.1. The topological polar surface area (TPSA) is 76.0 Å². The quantitative estimate of drug-likeness (QED) is 0.754. The molecule has 2 atom stereocenters. The molecule has 5 nitrogen and oxygen atoms in total. The first-order valence-electron chi connectivity index (χ1n) is 6.26. The molecule has 0 aliphatic carbocycles. The van der Waals surface area contributed by atoms with Gasteiger partial charge in [-0.05, 0) is 26.3 Å². The van der Waals surface area contributed by atoms with E-state index in [0.29, 0.717) is 5.56 Å². The summed E-state index contributed by atoms with van der Waals surface area (Å²) in [6.45, 7) is 5.44. The number of hydrogen-bond donors (Lipinski definition) is 2. The Morgan fingerprint density at radius 1 is 1.21 bits per heavy atom. The second kappa shape index (κ2) is 7.17. The third-order valence-electron chi connectivity index (χ3n) is 2.61. The van der Waals surface area contributed by atoms with Gasteiger partial charge in [-0.3, -0.25) is 4.57 Å². The van der Waals surface area contributed by atoms with E-state index in [1.54, 1.807) is 32.0 Å². The van der Waals surface area contributed by atoms with Gasteiger partial charge in [0, 0.05) is 0 Å². The number of aryl methyl sites for hydroxylation is 1. The number of aliphatic hydroxyl groups is 2. The maximum atomic E-state index is 12.4. The summed E-state index contributed by atoms with van der Waals surface area (Å²) >= 11 is 0. The van der Waals surface area contributed by atoms with Gasteiger partial charge in [0.2, 0.25) is 0 Å². The molecule has 0 fully saturated rings. The molecule has 1 aromatic carbocycles. The minimum atomic E-state index is -3.74. The molecule has 0 radical (unpaired) electrons. The molecule has 0 bridgehead atoms. The molecular weight excluding hydrogens is 267 g/mol. The Morgan fingerprint density at radius 3 is 2.26 bits per heavy atom. The summed E-state index contributed by atoms with van der Waals surface area (Å²) in [6.07, 6.45) is -1.32. The predicted octanol–water partition coefficient (Wildman–Crippen LogP) is 2.61. The molecule has 0 saturated heterocycles. The van der Waals surface area contributed by atoms with E-state index in [2.05, 4.69) is 0 Å². The van der Waals surface area contributed by atoms with Gasteiger partial charge in [-0.2, -0.15) is 0 Å². The van der Waals surface area contributed by atoms with Gasteiger partial charge in [0.15, 0.2) is 5.85 Å². The highest BCUT2D eigenvalue weighted by atomic mass is 31.2. The van der Waals surface area contributed by atoms with Gasteiger partial charge >= 0.3 is 7.60 Å².